The van der Waals surface area contributed by atoms with E-state index in [9.17, 15) is 4.79 Å². The van der Waals surface area contributed by atoms with Crippen molar-refractivity contribution in [3.05, 3.63) is 23.8 Å². The fourth-order valence-electron chi connectivity index (χ4n) is 1.07. The van der Waals surface area contributed by atoms with Crippen molar-refractivity contribution in [2.75, 3.05) is 7.11 Å². The predicted octanol–water partition coefficient (Wildman–Crippen LogP) is 1.03. The molecule has 0 unspecified atom stereocenters. The molecule has 0 amide bonds. The minimum absolute atomic E-state index is 0.0389. The molecule has 70 valence electrons. The second kappa shape index (κ2) is 3.80. The van der Waals surface area contributed by atoms with Gasteiger partial charge in [-0.2, -0.15) is 0 Å². The highest BCUT2D eigenvalue weighted by Gasteiger charge is 2.07. The minimum atomic E-state index is -0.955. The standard InChI is InChI=1S/C9H10O4/c1-13-8-3-2-7(10)4-6(8)5-9(11)12/h2-4,10H,5H2,1H3,(H,11,12). The van der Waals surface area contributed by atoms with Gasteiger partial charge >= 0.3 is 5.97 Å². The van der Waals surface area contributed by atoms with Crippen LogP contribution in [0.5, 0.6) is 11.5 Å². The molecule has 13 heavy (non-hydrogen) atoms. The molecular weight excluding hydrogens is 172 g/mol. The number of rotatable bonds is 3. The van der Waals surface area contributed by atoms with E-state index < -0.39 is 5.97 Å². The van der Waals surface area contributed by atoms with Crippen molar-refractivity contribution in [1.82, 2.24) is 0 Å². The van der Waals surface area contributed by atoms with Crippen LogP contribution in [0.3, 0.4) is 0 Å². The molecule has 0 atom stereocenters. The molecule has 0 bridgehead atoms. The topological polar surface area (TPSA) is 66.8 Å². The Kier molecular flexibility index (Phi) is 2.74. The van der Waals surface area contributed by atoms with Gasteiger partial charge in [0.2, 0.25) is 0 Å². The van der Waals surface area contributed by atoms with Crippen molar-refractivity contribution in [2.45, 2.75) is 6.42 Å². The van der Waals surface area contributed by atoms with Gasteiger partial charge in [-0.15, -0.1) is 0 Å². The number of methoxy groups -OCH3 is 1. The van der Waals surface area contributed by atoms with Gasteiger partial charge in [-0.25, -0.2) is 0 Å². The van der Waals surface area contributed by atoms with Crippen molar-refractivity contribution >= 4 is 5.97 Å². The highest BCUT2D eigenvalue weighted by atomic mass is 16.5. The molecule has 0 fully saturated rings. The molecule has 0 heterocycles. The van der Waals surface area contributed by atoms with E-state index in [1.165, 1.54) is 25.3 Å². The number of carboxylic acid groups (broad SMARTS) is 1. The molecule has 0 saturated heterocycles. The predicted molar refractivity (Wildman–Crippen MR) is 46.0 cm³/mol. The summed E-state index contributed by atoms with van der Waals surface area (Å²) >= 11 is 0. The van der Waals surface area contributed by atoms with Gasteiger partial charge in [0.25, 0.3) is 0 Å². The number of hydrogen-bond acceptors (Lipinski definition) is 3. The number of phenolic OH excluding ortho intramolecular Hbond substituents is 1. The molecule has 2 N–H and O–H groups in total. The number of ether oxygens (including phenoxy) is 1. The zero-order valence-electron chi connectivity index (χ0n) is 7.15. The summed E-state index contributed by atoms with van der Waals surface area (Å²) in [5.41, 5.74) is 0.468. The molecule has 1 aromatic carbocycles. The van der Waals surface area contributed by atoms with Crippen LogP contribution >= 0.6 is 0 Å². The van der Waals surface area contributed by atoms with Crippen LogP contribution < -0.4 is 4.74 Å². The Morgan fingerprint density at radius 1 is 1.54 bits per heavy atom. The van der Waals surface area contributed by atoms with E-state index in [-0.39, 0.29) is 12.2 Å². The summed E-state index contributed by atoms with van der Waals surface area (Å²) in [6, 6.07) is 4.37. The maximum absolute atomic E-state index is 10.4. The lowest BCUT2D eigenvalue weighted by Crippen LogP contribution is -2.01. The Morgan fingerprint density at radius 3 is 2.77 bits per heavy atom. The lowest BCUT2D eigenvalue weighted by atomic mass is 10.1. The van der Waals surface area contributed by atoms with Crippen LogP contribution in [-0.4, -0.2) is 23.3 Å². The first-order chi connectivity index (χ1) is 6.13. The quantitative estimate of drug-likeness (QED) is 0.732. The zero-order valence-corrected chi connectivity index (χ0v) is 7.15. The van der Waals surface area contributed by atoms with E-state index in [0.29, 0.717) is 11.3 Å². The largest absolute Gasteiger partial charge is 0.508 e. The highest BCUT2D eigenvalue weighted by Crippen LogP contribution is 2.23. The number of phenols is 1. The third-order valence-electron chi connectivity index (χ3n) is 1.61. The highest BCUT2D eigenvalue weighted by molar-refractivity contribution is 5.71. The summed E-state index contributed by atoms with van der Waals surface area (Å²) in [4.78, 5) is 10.4. The van der Waals surface area contributed by atoms with Crippen molar-refractivity contribution in [3.63, 3.8) is 0 Å². The fraction of sp³-hybridized carbons (Fsp3) is 0.222. The van der Waals surface area contributed by atoms with Gasteiger partial charge in [0.15, 0.2) is 0 Å². The van der Waals surface area contributed by atoms with E-state index in [1.54, 1.807) is 0 Å². The molecule has 0 aliphatic rings. The van der Waals surface area contributed by atoms with Crippen molar-refractivity contribution in [2.24, 2.45) is 0 Å². The second-order valence-electron chi connectivity index (χ2n) is 2.57. The SMILES string of the molecule is COc1ccc(O)cc1CC(=O)O. The van der Waals surface area contributed by atoms with Gasteiger partial charge in [-0.3, -0.25) is 4.79 Å². The van der Waals surface area contributed by atoms with Gasteiger partial charge in [-0.1, -0.05) is 0 Å². The van der Waals surface area contributed by atoms with Crippen LogP contribution in [0.25, 0.3) is 0 Å². The maximum atomic E-state index is 10.4. The second-order valence-corrected chi connectivity index (χ2v) is 2.57. The molecule has 0 aromatic heterocycles. The van der Waals surface area contributed by atoms with E-state index in [1.807, 2.05) is 0 Å². The van der Waals surface area contributed by atoms with E-state index in [4.69, 9.17) is 14.9 Å². The number of hydrogen-bond donors (Lipinski definition) is 2. The monoisotopic (exact) mass is 182 g/mol. The molecule has 0 aliphatic heterocycles. The maximum Gasteiger partial charge on any atom is 0.307 e. The van der Waals surface area contributed by atoms with Crippen molar-refractivity contribution < 1.29 is 19.7 Å². The van der Waals surface area contributed by atoms with Crippen LogP contribution in [0.4, 0.5) is 0 Å². The molecule has 1 aromatic rings. The Bertz CT molecular complexity index is 319. The number of carboxylic acids is 1. The number of aliphatic carboxylic acids is 1. The number of carbonyl (C=O) groups is 1. The van der Waals surface area contributed by atoms with E-state index in [2.05, 4.69) is 0 Å². The Labute approximate surface area is 75.4 Å². The molecule has 0 aliphatic carbocycles. The van der Waals surface area contributed by atoms with Crippen molar-refractivity contribution in [3.8, 4) is 11.5 Å². The zero-order chi connectivity index (χ0) is 9.84. The number of aromatic hydroxyl groups is 1. The Morgan fingerprint density at radius 2 is 2.23 bits per heavy atom. The van der Waals surface area contributed by atoms with Crippen molar-refractivity contribution in [1.29, 1.82) is 0 Å². The van der Waals surface area contributed by atoms with E-state index >= 15 is 0 Å². The van der Waals surface area contributed by atoms with Gasteiger partial charge in [0.05, 0.1) is 13.5 Å². The summed E-state index contributed by atoms with van der Waals surface area (Å²) in [5, 5.41) is 17.6. The first-order valence-corrected chi connectivity index (χ1v) is 3.71. The Hall–Kier alpha value is -1.71. The summed E-state index contributed by atoms with van der Waals surface area (Å²) in [7, 11) is 1.46. The smallest absolute Gasteiger partial charge is 0.307 e. The first-order valence-electron chi connectivity index (χ1n) is 3.71. The summed E-state index contributed by atoms with van der Waals surface area (Å²) in [5.74, 6) is -0.443. The molecule has 0 saturated carbocycles. The van der Waals surface area contributed by atoms with E-state index in [0.717, 1.165) is 0 Å². The summed E-state index contributed by atoms with van der Waals surface area (Å²) in [6.45, 7) is 0. The van der Waals surface area contributed by atoms with Gasteiger partial charge < -0.3 is 14.9 Å². The lowest BCUT2D eigenvalue weighted by molar-refractivity contribution is -0.136. The normalized spacial score (nSPS) is 9.62. The third-order valence-corrected chi connectivity index (χ3v) is 1.61. The number of benzene rings is 1. The fourth-order valence-corrected chi connectivity index (χ4v) is 1.07. The molecule has 4 nitrogen and oxygen atoms in total. The molecular formula is C9H10O4. The molecule has 0 radical (unpaired) electrons. The van der Waals surface area contributed by atoms with Crippen LogP contribution in [0.2, 0.25) is 0 Å². The van der Waals surface area contributed by atoms with Crippen LogP contribution in [0.1, 0.15) is 5.56 Å². The minimum Gasteiger partial charge on any atom is -0.508 e. The van der Waals surface area contributed by atoms with Crippen LogP contribution in [-0.2, 0) is 11.2 Å². The van der Waals surface area contributed by atoms with Gasteiger partial charge in [-0.05, 0) is 18.2 Å². The van der Waals surface area contributed by atoms with Crippen LogP contribution in [0.15, 0.2) is 18.2 Å². The van der Waals surface area contributed by atoms with Gasteiger partial charge in [0, 0.05) is 5.56 Å². The summed E-state index contributed by atoms with van der Waals surface area (Å²) in [6.07, 6.45) is -0.155. The Balaban J connectivity index is 3.01. The average molecular weight is 182 g/mol. The molecule has 0 spiro atoms. The molecule has 1 rings (SSSR count). The lowest BCUT2D eigenvalue weighted by Gasteiger charge is -2.06. The van der Waals surface area contributed by atoms with Crippen LogP contribution in [0, 0.1) is 0 Å². The summed E-state index contributed by atoms with van der Waals surface area (Å²) < 4.78 is 4.93. The third kappa shape index (κ3) is 2.37. The average Bonchev–Trinajstić information content (AvgIpc) is 2.03. The molecule has 4 heteroatoms. The first kappa shape index (κ1) is 9.38. The van der Waals surface area contributed by atoms with Gasteiger partial charge in [0.1, 0.15) is 11.5 Å².